The summed E-state index contributed by atoms with van der Waals surface area (Å²) in [6.07, 6.45) is -2.56. The molecule has 144 valence electrons. The summed E-state index contributed by atoms with van der Waals surface area (Å²) < 4.78 is 43.8. The van der Waals surface area contributed by atoms with Crippen LogP contribution < -0.4 is 5.73 Å². The molecule has 0 saturated heterocycles. The third-order valence-corrected chi connectivity index (χ3v) is 5.47. The average molecular weight is 405 g/mol. The fourth-order valence-corrected chi connectivity index (χ4v) is 3.95. The molecule has 4 rings (SSSR count). The summed E-state index contributed by atoms with van der Waals surface area (Å²) in [6, 6.07) is 11.7. The van der Waals surface area contributed by atoms with Gasteiger partial charge in [0, 0.05) is 6.20 Å². The van der Waals surface area contributed by atoms with E-state index in [0.717, 1.165) is 17.5 Å². The number of rotatable bonds is 4. The number of anilines is 1. The Bertz CT molecular complexity index is 1090. The van der Waals surface area contributed by atoms with Gasteiger partial charge in [-0.15, -0.1) is 11.3 Å². The number of thiazole rings is 1. The van der Waals surface area contributed by atoms with Crippen molar-refractivity contribution in [2.24, 2.45) is 0 Å². The van der Waals surface area contributed by atoms with Gasteiger partial charge in [0.25, 0.3) is 0 Å². The minimum absolute atomic E-state index is 0.0699. The molecule has 1 aromatic carbocycles. The van der Waals surface area contributed by atoms with E-state index in [-0.39, 0.29) is 12.4 Å². The second-order valence-corrected chi connectivity index (χ2v) is 7.15. The summed E-state index contributed by atoms with van der Waals surface area (Å²) in [5, 5.41) is 14.3. The van der Waals surface area contributed by atoms with Crippen molar-refractivity contribution in [3.63, 3.8) is 0 Å². The molecule has 0 saturated carbocycles. The number of benzene rings is 1. The molecule has 0 aliphatic rings. The van der Waals surface area contributed by atoms with Crippen LogP contribution in [0.3, 0.4) is 0 Å². The number of alkyl halides is 3. The first-order valence-electron chi connectivity index (χ1n) is 8.17. The molecule has 0 aliphatic heterocycles. The third-order valence-electron chi connectivity index (χ3n) is 4.32. The van der Waals surface area contributed by atoms with Crippen molar-refractivity contribution >= 4 is 27.4 Å². The number of hydrogen-bond acceptors (Lipinski definition) is 6. The molecule has 0 radical (unpaired) electrons. The number of nitrogen functional groups attached to an aromatic ring is 1. The van der Waals surface area contributed by atoms with Crippen molar-refractivity contribution < 1.29 is 18.3 Å². The molecule has 0 amide bonds. The lowest BCUT2D eigenvalue weighted by Gasteiger charge is -2.28. The Morgan fingerprint density at radius 3 is 2.54 bits per heavy atom. The number of para-hydroxylation sites is 1. The second-order valence-electron chi connectivity index (χ2n) is 6.12. The quantitative estimate of drug-likeness (QED) is 0.544. The lowest BCUT2D eigenvalue weighted by atomic mass is 9.96. The molecule has 3 N–H and O–H groups in total. The minimum Gasteiger partial charge on any atom is -0.384 e. The standard InChI is InChI=1S/C18H14F3N5OS/c19-18(20,21)17(27,16-25-13-6-1-2-7-14(13)28-16)12-9-24-26(15(12)22)10-11-5-3-4-8-23-11/h1-9,27H,10,22H2/t17-/m0/s1. The Kier molecular flexibility index (Phi) is 4.31. The van der Waals surface area contributed by atoms with E-state index in [4.69, 9.17) is 5.73 Å². The molecule has 6 nitrogen and oxygen atoms in total. The fraction of sp³-hybridized carbons (Fsp3) is 0.167. The van der Waals surface area contributed by atoms with Gasteiger partial charge in [0.05, 0.1) is 34.2 Å². The van der Waals surface area contributed by atoms with Crippen LogP contribution in [-0.2, 0) is 12.1 Å². The highest BCUT2D eigenvalue weighted by atomic mass is 32.1. The summed E-state index contributed by atoms with van der Waals surface area (Å²) in [4.78, 5) is 8.12. The predicted molar refractivity (Wildman–Crippen MR) is 98.7 cm³/mol. The summed E-state index contributed by atoms with van der Waals surface area (Å²) in [5.74, 6) is -0.301. The van der Waals surface area contributed by atoms with Crippen molar-refractivity contribution in [3.8, 4) is 0 Å². The molecule has 0 unspecified atom stereocenters. The zero-order valence-electron chi connectivity index (χ0n) is 14.3. The topological polar surface area (TPSA) is 89.9 Å². The van der Waals surface area contributed by atoms with Gasteiger partial charge in [-0.3, -0.25) is 4.98 Å². The molecule has 4 aromatic rings. The number of hydrogen-bond donors (Lipinski definition) is 2. The predicted octanol–water partition coefficient (Wildman–Crippen LogP) is 3.32. The lowest BCUT2D eigenvalue weighted by molar-refractivity contribution is -0.248. The van der Waals surface area contributed by atoms with Gasteiger partial charge in [-0.1, -0.05) is 18.2 Å². The van der Waals surface area contributed by atoms with E-state index in [0.29, 0.717) is 15.9 Å². The van der Waals surface area contributed by atoms with Crippen LogP contribution in [0.5, 0.6) is 0 Å². The monoisotopic (exact) mass is 405 g/mol. The number of pyridine rings is 1. The highest BCUT2D eigenvalue weighted by Crippen LogP contribution is 2.48. The molecule has 10 heteroatoms. The van der Waals surface area contributed by atoms with Crippen LogP contribution in [0.2, 0.25) is 0 Å². The van der Waals surface area contributed by atoms with Crippen molar-refractivity contribution in [1.82, 2.24) is 19.7 Å². The first kappa shape index (κ1) is 18.4. The molecule has 1 atom stereocenters. The lowest BCUT2D eigenvalue weighted by Crippen LogP contribution is -2.43. The van der Waals surface area contributed by atoms with E-state index in [2.05, 4.69) is 15.1 Å². The van der Waals surface area contributed by atoms with Crippen LogP contribution in [-0.4, -0.2) is 31.0 Å². The molecule has 3 heterocycles. The number of halogens is 3. The van der Waals surface area contributed by atoms with E-state index in [1.807, 2.05) is 0 Å². The van der Waals surface area contributed by atoms with Crippen molar-refractivity contribution in [2.75, 3.05) is 5.73 Å². The summed E-state index contributed by atoms with van der Waals surface area (Å²) in [6.45, 7) is 0.0699. The Labute approximate surface area is 161 Å². The van der Waals surface area contributed by atoms with Crippen LogP contribution in [0.15, 0.2) is 54.9 Å². The van der Waals surface area contributed by atoms with Crippen molar-refractivity contribution in [3.05, 3.63) is 71.1 Å². The number of aromatic nitrogens is 4. The Balaban J connectivity index is 1.83. The highest BCUT2D eigenvalue weighted by Gasteiger charge is 2.60. The van der Waals surface area contributed by atoms with Gasteiger partial charge in [-0.2, -0.15) is 18.3 Å². The van der Waals surface area contributed by atoms with Crippen molar-refractivity contribution in [1.29, 1.82) is 0 Å². The Hall–Kier alpha value is -2.98. The smallest absolute Gasteiger partial charge is 0.384 e. The van der Waals surface area contributed by atoms with E-state index in [1.54, 1.807) is 48.7 Å². The van der Waals surface area contributed by atoms with Gasteiger partial charge in [-0.05, 0) is 24.3 Å². The number of nitrogens with two attached hydrogens (primary N) is 1. The normalized spacial score (nSPS) is 14.3. The van der Waals surface area contributed by atoms with E-state index in [1.165, 1.54) is 4.68 Å². The molecule has 0 bridgehead atoms. The number of aliphatic hydroxyl groups is 1. The molecule has 0 spiro atoms. The maximum absolute atomic E-state index is 14.0. The van der Waals surface area contributed by atoms with Gasteiger partial charge >= 0.3 is 6.18 Å². The molecule has 28 heavy (non-hydrogen) atoms. The first-order valence-corrected chi connectivity index (χ1v) is 8.99. The van der Waals surface area contributed by atoms with Gasteiger partial charge in [0.1, 0.15) is 10.8 Å². The summed E-state index contributed by atoms with van der Waals surface area (Å²) in [5.41, 5.74) is 2.96. The molecular weight excluding hydrogens is 391 g/mol. The van der Waals surface area contributed by atoms with Gasteiger partial charge < -0.3 is 10.8 Å². The van der Waals surface area contributed by atoms with Crippen molar-refractivity contribution in [2.45, 2.75) is 18.3 Å². The van der Waals surface area contributed by atoms with E-state index < -0.39 is 22.3 Å². The van der Waals surface area contributed by atoms with Crippen LogP contribution >= 0.6 is 11.3 Å². The largest absolute Gasteiger partial charge is 0.428 e. The Morgan fingerprint density at radius 1 is 1.11 bits per heavy atom. The Morgan fingerprint density at radius 2 is 1.86 bits per heavy atom. The first-order chi connectivity index (χ1) is 13.3. The summed E-state index contributed by atoms with van der Waals surface area (Å²) in [7, 11) is 0. The van der Waals surface area contributed by atoms with E-state index >= 15 is 0 Å². The third kappa shape index (κ3) is 2.90. The number of fused-ring (bicyclic) bond motifs is 1. The fourth-order valence-electron chi connectivity index (χ4n) is 2.86. The maximum Gasteiger partial charge on any atom is 0.428 e. The van der Waals surface area contributed by atoms with Crippen LogP contribution in [0, 0.1) is 0 Å². The molecule has 3 aromatic heterocycles. The molecule has 0 fully saturated rings. The highest BCUT2D eigenvalue weighted by molar-refractivity contribution is 7.18. The zero-order valence-corrected chi connectivity index (χ0v) is 15.1. The molecular formula is C18H14F3N5OS. The van der Waals surface area contributed by atoms with Gasteiger partial charge in [0.2, 0.25) is 5.60 Å². The minimum atomic E-state index is -5.05. The van der Waals surface area contributed by atoms with Crippen LogP contribution in [0.1, 0.15) is 16.3 Å². The maximum atomic E-state index is 14.0. The van der Waals surface area contributed by atoms with Crippen LogP contribution in [0.25, 0.3) is 10.2 Å². The second kappa shape index (κ2) is 6.57. The zero-order chi connectivity index (χ0) is 19.9. The molecule has 0 aliphatic carbocycles. The SMILES string of the molecule is Nc1c([C@](O)(c2nc3ccccc3s2)C(F)(F)F)cnn1Cc1ccccn1. The average Bonchev–Trinajstić information content (AvgIpc) is 3.26. The summed E-state index contributed by atoms with van der Waals surface area (Å²) >= 11 is 0.762. The van der Waals surface area contributed by atoms with Gasteiger partial charge in [0.15, 0.2) is 0 Å². The van der Waals surface area contributed by atoms with Gasteiger partial charge in [-0.25, -0.2) is 9.67 Å². The number of nitrogens with zero attached hydrogens (tertiary/aromatic N) is 4. The van der Waals surface area contributed by atoms with Crippen LogP contribution in [0.4, 0.5) is 19.0 Å². The van der Waals surface area contributed by atoms with E-state index in [9.17, 15) is 18.3 Å².